The van der Waals surface area contributed by atoms with Crippen molar-refractivity contribution >= 4 is 5.91 Å². The predicted molar refractivity (Wildman–Crippen MR) is 84.8 cm³/mol. The topological polar surface area (TPSA) is 20.3 Å². The van der Waals surface area contributed by atoms with Gasteiger partial charge in [0.15, 0.2) is 0 Å². The number of hydrogen-bond acceptors (Lipinski definition) is 1. The van der Waals surface area contributed by atoms with Gasteiger partial charge in [0, 0.05) is 13.0 Å². The first kappa shape index (κ1) is 15.7. The van der Waals surface area contributed by atoms with E-state index in [2.05, 4.69) is 0 Å². The molecule has 2 aromatic carbocycles. The maximum absolute atomic E-state index is 13.2. The molecule has 0 aliphatic carbocycles. The van der Waals surface area contributed by atoms with E-state index < -0.39 is 0 Å². The molecule has 2 nitrogen and oxygen atoms in total. The lowest BCUT2D eigenvalue weighted by Crippen LogP contribution is -2.30. The van der Waals surface area contributed by atoms with Crippen LogP contribution in [0.4, 0.5) is 8.78 Å². The smallest absolute Gasteiger partial charge is 0.223 e. The van der Waals surface area contributed by atoms with Gasteiger partial charge in [0.05, 0.1) is 6.04 Å². The summed E-state index contributed by atoms with van der Waals surface area (Å²) in [4.78, 5) is 14.4. The number of carbonyl (C=O) groups excluding carboxylic acids is 1. The van der Waals surface area contributed by atoms with Crippen molar-refractivity contribution in [2.75, 3.05) is 6.54 Å². The first-order chi connectivity index (χ1) is 11.1. The minimum absolute atomic E-state index is 0.0237. The van der Waals surface area contributed by atoms with Crippen LogP contribution in [-0.2, 0) is 11.2 Å². The zero-order valence-electron chi connectivity index (χ0n) is 12.8. The van der Waals surface area contributed by atoms with E-state index in [-0.39, 0.29) is 23.6 Å². The summed E-state index contributed by atoms with van der Waals surface area (Å²) < 4.78 is 26.2. The predicted octanol–water partition coefficient (Wildman–Crippen LogP) is 4.26. The van der Waals surface area contributed by atoms with Gasteiger partial charge in [0.1, 0.15) is 11.6 Å². The third-order valence-electron chi connectivity index (χ3n) is 4.34. The molecular weight excluding hydrogens is 296 g/mol. The van der Waals surface area contributed by atoms with Crippen molar-refractivity contribution in [3.05, 3.63) is 71.3 Å². The van der Waals surface area contributed by atoms with Crippen molar-refractivity contribution in [3.8, 4) is 0 Å². The SMILES string of the molecule is O=C(CCc1cccc(F)c1)N1CCCC1c1ccc(F)cc1. The Kier molecular flexibility index (Phi) is 4.70. The normalized spacial score (nSPS) is 17.5. The van der Waals surface area contributed by atoms with Crippen molar-refractivity contribution in [1.29, 1.82) is 0 Å². The molecule has 0 aromatic heterocycles. The molecule has 3 rings (SSSR count). The monoisotopic (exact) mass is 315 g/mol. The second-order valence-corrected chi connectivity index (χ2v) is 5.93. The van der Waals surface area contributed by atoms with Crippen molar-refractivity contribution in [1.82, 2.24) is 4.90 Å². The fraction of sp³-hybridized carbons (Fsp3) is 0.316. The number of amides is 1. The van der Waals surface area contributed by atoms with Crippen LogP contribution >= 0.6 is 0 Å². The van der Waals surface area contributed by atoms with Crippen LogP contribution in [-0.4, -0.2) is 17.4 Å². The highest BCUT2D eigenvalue weighted by molar-refractivity contribution is 5.77. The highest BCUT2D eigenvalue weighted by Gasteiger charge is 2.29. The Morgan fingerprint density at radius 2 is 1.87 bits per heavy atom. The first-order valence-electron chi connectivity index (χ1n) is 7.93. The van der Waals surface area contributed by atoms with E-state index >= 15 is 0 Å². The Labute approximate surface area is 134 Å². The van der Waals surface area contributed by atoms with Gasteiger partial charge < -0.3 is 4.90 Å². The minimum atomic E-state index is -0.277. The van der Waals surface area contributed by atoms with Gasteiger partial charge in [-0.3, -0.25) is 4.79 Å². The van der Waals surface area contributed by atoms with Crippen LogP contribution in [0.25, 0.3) is 0 Å². The molecule has 1 amide bonds. The van der Waals surface area contributed by atoms with E-state index in [0.29, 0.717) is 12.8 Å². The first-order valence-corrected chi connectivity index (χ1v) is 7.93. The standard InChI is InChI=1S/C19H19F2NO/c20-16-9-7-15(8-10-16)18-5-2-12-22(18)19(23)11-6-14-3-1-4-17(21)13-14/h1,3-4,7-10,13,18H,2,5-6,11-12H2. The summed E-state index contributed by atoms with van der Waals surface area (Å²) in [5.41, 5.74) is 1.80. The molecule has 0 bridgehead atoms. The van der Waals surface area contributed by atoms with Crippen molar-refractivity contribution in [2.45, 2.75) is 31.7 Å². The summed E-state index contributed by atoms with van der Waals surface area (Å²) in [6, 6.07) is 12.7. The molecule has 1 saturated heterocycles. The number of nitrogens with zero attached hydrogens (tertiary/aromatic N) is 1. The van der Waals surface area contributed by atoms with Crippen LogP contribution in [0, 0.1) is 11.6 Å². The lowest BCUT2D eigenvalue weighted by molar-refractivity contribution is -0.132. The Hall–Kier alpha value is -2.23. The van der Waals surface area contributed by atoms with Crippen LogP contribution in [0.1, 0.15) is 36.4 Å². The van der Waals surface area contributed by atoms with E-state index in [4.69, 9.17) is 0 Å². The summed E-state index contributed by atoms with van der Waals surface area (Å²) in [5, 5.41) is 0. The quantitative estimate of drug-likeness (QED) is 0.825. The number of benzene rings is 2. The molecule has 0 spiro atoms. The van der Waals surface area contributed by atoms with Gasteiger partial charge in [-0.1, -0.05) is 24.3 Å². The zero-order chi connectivity index (χ0) is 16.2. The fourth-order valence-electron chi connectivity index (χ4n) is 3.18. The molecule has 1 fully saturated rings. The highest BCUT2D eigenvalue weighted by atomic mass is 19.1. The molecule has 120 valence electrons. The Morgan fingerprint density at radius 3 is 2.61 bits per heavy atom. The van der Waals surface area contributed by atoms with Gasteiger partial charge >= 0.3 is 0 Å². The average Bonchev–Trinajstić information content (AvgIpc) is 3.03. The van der Waals surface area contributed by atoms with Crippen LogP contribution in [0.5, 0.6) is 0 Å². The third-order valence-corrected chi connectivity index (χ3v) is 4.34. The summed E-state index contributed by atoms with van der Waals surface area (Å²) in [5.74, 6) is -0.475. The number of hydrogen-bond donors (Lipinski definition) is 0. The van der Waals surface area contributed by atoms with Crippen LogP contribution in [0.2, 0.25) is 0 Å². The molecule has 23 heavy (non-hydrogen) atoms. The lowest BCUT2D eigenvalue weighted by Gasteiger charge is -2.25. The number of aryl methyl sites for hydroxylation is 1. The minimum Gasteiger partial charge on any atom is -0.336 e. The maximum Gasteiger partial charge on any atom is 0.223 e. The number of rotatable bonds is 4. The average molecular weight is 315 g/mol. The third kappa shape index (κ3) is 3.76. The molecule has 0 N–H and O–H groups in total. The highest BCUT2D eigenvalue weighted by Crippen LogP contribution is 2.32. The summed E-state index contributed by atoms with van der Waals surface area (Å²) in [6.45, 7) is 0.726. The van der Waals surface area contributed by atoms with Crippen molar-refractivity contribution in [3.63, 3.8) is 0 Å². The molecule has 1 unspecified atom stereocenters. The van der Waals surface area contributed by atoms with Crippen LogP contribution in [0.3, 0.4) is 0 Å². The van der Waals surface area contributed by atoms with Gasteiger partial charge in [-0.05, 0) is 54.7 Å². The molecule has 0 saturated carbocycles. The molecule has 1 aliphatic rings. The van der Waals surface area contributed by atoms with E-state index in [1.165, 1.54) is 24.3 Å². The van der Waals surface area contributed by atoms with Gasteiger partial charge in [-0.2, -0.15) is 0 Å². The molecule has 1 aliphatic heterocycles. The Balaban J connectivity index is 1.65. The van der Waals surface area contributed by atoms with Crippen LogP contribution < -0.4 is 0 Å². The van der Waals surface area contributed by atoms with Crippen LogP contribution in [0.15, 0.2) is 48.5 Å². The number of carbonyl (C=O) groups is 1. The van der Waals surface area contributed by atoms with Gasteiger partial charge in [0.25, 0.3) is 0 Å². The van der Waals surface area contributed by atoms with Crippen molar-refractivity contribution in [2.24, 2.45) is 0 Å². The molecular formula is C19H19F2NO. The largest absolute Gasteiger partial charge is 0.336 e. The summed E-state index contributed by atoms with van der Waals surface area (Å²) >= 11 is 0. The second-order valence-electron chi connectivity index (χ2n) is 5.93. The summed E-state index contributed by atoms with van der Waals surface area (Å²) in [6.07, 6.45) is 2.75. The molecule has 1 atom stereocenters. The molecule has 2 aromatic rings. The number of likely N-dealkylation sites (tertiary alicyclic amines) is 1. The van der Waals surface area contributed by atoms with Crippen molar-refractivity contribution < 1.29 is 13.6 Å². The second kappa shape index (κ2) is 6.90. The maximum atomic E-state index is 13.2. The van der Waals surface area contributed by atoms with E-state index in [1.54, 1.807) is 18.2 Å². The van der Waals surface area contributed by atoms with Gasteiger partial charge in [-0.25, -0.2) is 8.78 Å². The number of halogens is 2. The van der Waals surface area contributed by atoms with Gasteiger partial charge in [0.2, 0.25) is 5.91 Å². The van der Waals surface area contributed by atoms with Gasteiger partial charge in [-0.15, -0.1) is 0 Å². The van der Waals surface area contributed by atoms with E-state index in [1.807, 2.05) is 11.0 Å². The van der Waals surface area contributed by atoms with E-state index in [9.17, 15) is 13.6 Å². The molecule has 0 radical (unpaired) electrons. The Morgan fingerprint density at radius 1 is 1.09 bits per heavy atom. The molecule has 4 heteroatoms. The fourth-order valence-corrected chi connectivity index (χ4v) is 3.18. The Bertz CT molecular complexity index is 684. The zero-order valence-corrected chi connectivity index (χ0v) is 12.8. The molecule has 1 heterocycles. The van der Waals surface area contributed by atoms with E-state index in [0.717, 1.165) is 30.5 Å². The summed E-state index contributed by atoms with van der Waals surface area (Å²) in [7, 11) is 0. The lowest BCUT2D eigenvalue weighted by atomic mass is 10.0.